The van der Waals surface area contributed by atoms with Crippen molar-refractivity contribution in [3.05, 3.63) is 12.3 Å². The van der Waals surface area contributed by atoms with Gasteiger partial charge in [-0.15, -0.1) is 0 Å². The molecule has 3 saturated heterocycles. The fraction of sp³-hybridized carbons (Fsp3) is 0.750. The first-order chi connectivity index (χ1) is 13.7. The second kappa shape index (κ2) is 9.05. The van der Waals surface area contributed by atoms with E-state index in [9.17, 15) is 4.79 Å². The van der Waals surface area contributed by atoms with E-state index in [1.807, 2.05) is 4.90 Å². The molecule has 8 heteroatoms. The predicted molar refractivity (Wildman–Crippen MR) is 106 cm³/mol. The molecule has 3 fully saturated rings. The van der Waals surface area contributed by atoms with Crippen LogP contribution in [0.1, 0.15) is 25.7 Å². The molecule has 1 unspecified atom stereocenters. The zero-order valence-corrected chi connectivity index (χ0v) is 16.8. The Morgan fingerprint density at radius 2 is 1.93 bits per heavy atom. The van der Waals surface area contributed by atoms with Gasteiger partial charge in [0.25, 0.3) is 0 Å². The van der Waals surface area contributed by atoms with Crippen LogP contribution in [0.5, 0.6) is 5.88 Å². The van der Waals surface area contributed by atoms with Crippen molar-refractivity contribution in [1.82, 2.24) is 19.8 Å². The Hall–Kier alpha value is -1.93. The molecule has 1 aromatic heterocycles. The average Bonchev–Trinajstić information content (AvgIpc) is 2.79. The molecule has 0 spiro atoms. The number of anilines is 1. The molecule has 4 heterocycles. The number of rotatable bonds is 4. The van der Waals surface area contributed by atoms with Crippen LogP contribution < -0.4 is 9.64 Å². The summed E-state index contributed by atoms with van der Waals surface area (Å²) < 4.78 is 10.6. The van der Waals surface area contributed by atoms with E-state index in [4.69, 9.17) is 9.47 Å². The summed E-state index contributed by atoms with van der Waals surface area (Å²) in [5, 5.41) is 0. The van der Waals surface area contributed by atoms with E-state index in [-0.39, 0.29) is 5.92 Å². The van der Waals surface area contributed by atoms with Gasteiger partial charge in [-0.05, 0) is 32.2 Å². The third-order valence-electron chi connectivity index (χ3n) is 6.21. The highest BCUT2D eigenvalue weighted by molar-refractivity contribution is 5.79. The number of morpholine rings is 1. The van der Waals surface area contributed by atoms with Crippen molar-refractivity contribution in [3.8, 4) is 5.88 Å². The van der Waals surface area contributed by atoms with E-state index >= 15 is 0 Å². The number of piperidine rings is 2. The van der Waals surface area contributed by atoms with E-state index in [0.717, 1.165) is 70.9 Å². The van der Waals surface area contributed by atoms with Crippen LogP contribution in [0, 0.1) is 5.92 Å². The molecule has 0 bridgehead atoms. The fourth-order valence-corrected chi connectivity index (χ4v) is 4.61. The Morgan fingerprint density at radius 3 is 2.68 bits per heavy atom. The van der Waals surface area contributed by atoms with Crippen LogP contribution in [0.3, 0.4) is 0 Å². The second-order valence-electron chi connectivity index (χ2n) is 7.89. The molecular formula is C20H31N5O3. The molecule has 3 aliphatic heterocycles. The number of carbonyl (C=O) groups excluding carboxylic acids is 1. The number of carbonyl (C=O) groups is 1. The van der Waals surface area contributed by atoms with Crippen LogP contribution in [-0.2, 0) is 9.53 Å². The highest BCUT2D eigenvalue weighted by atomic mass is 16.5. The Labute approximate surface area is 166 Å². The average molecular weight is 390 g/mol. The van der Waals surface area contributed by atoms with Crippen molar-refractivity contribution in [1.29, 1.82) is 0 Å². The number of ether oxygens (including phenoxy) is 2. The Morgan fingerprint density at radius 1 is 1.14 bits per heavy atom. The van der Waals surface area contributed by atoms with Crippen molar-refractivity contribution in [2.45, 2.75) is 31.7 Å². The number of aromatic nitrogens is 2. The highest BCUT2D eigenvalue weighted by Gasteiger charge is 2.34. The van der Waals surface area contributed by atoms with Crippen molar-refractivity contribution in [2.24, 2.45) is 5.92 Å². The maximum absolute atomic E-state index is 12.9. The lowest BCUT2D eigenvalue weighted by molar-refractivity contribution is -0.141. The molecule has 1 amide bonds. The predicted octanol–water partition coefficient (Wildman–Crippen LogP) is 1.02. The summed E-state index contributed by atoms with van der Waals surface area (Å²) in [5.74, 6) is 1.83. The molecule has 3 aliphatic rings. The van der Waals surface area contributed by atoms with Gasteiger partial charge in [0.1, 0.15) is 0 Å². The van der Waals surface area contributed by atoms with Crippen LogP contribution >= 0.6 is 0 Å². The smallest absolute Gasteiger partial charge is 0.228 e. The Kier molecular flexibility index (Phi) is 6.26. The zero-order valence-electron chi connectivity index (χ0n) is 16.8. The van der Waals surface area contributed by atoms with E-state index in [1.165, 1.54) is 0 Å². The number of methoxy groups -OCH3 is 1. The molecule has 0 saturated carbocycles. The molecule has 0 N–H and O–H groups in total. The molecule has 1 atom stereocenters. The SMILES string of the molecule is COc1ccnc(N2CCC(N3CCCC(C(=O)N4CCOCC4)C3)CC2)n1. The first kappa shape index (κ1) is 19.4. The minimum Gasteiger partial charge on any atom is -0.481 e. The summed E-state index contributed by atoms with van der Waals surface area (Å²) in [4.78, 5) is 28.5. The molecule has 0 aromatic carbocycles. The summed E-state index contributed by atoms with van der Waals surface area (Å²) in [6.07, 6.45) is 6.04. The lowest BCUT2D eigenvalue weighted by atomic mass is 9.92. The van der Waals surface area contributed by atoms with Crippen LogP contribution in [0.25, 0.3) is 0 Å². The number of amides is 1. The summed E-state index contributed by atoms with van der Waals surface area (Å²) in [6.45, 7) is 6.72. The molecule has 0 radical (unpaired) electrons. The largest absolute Gasteiger partial charge is 0.481 e. The monoisotopic (exact) mass is 389 g/mol. The van der Waals surface area contributed by atoms with Crippen LogP contribution in [-0.4, -0.2) is 91.3 Å². The maximum Gasteiger partial charge on any atom is 0.228 e. The van der Waals surface area contributed by atoms with E-state index in [1.54, 1.807) is 19.4 Å². The maximum atomic E-state index is 12.9. The fourth-order valence-electron chi connectivity index (χ4n) is 4.61. The summed E-state index contributed by atoms with van der Waals surface area (Å²) >= 11 is 0. The van der Waals surface area contributed by atoms with Gasteiger partial charge in [-0.1, -0.05) is 0 Å². The minimum absolute atomic E-state index is 0.145. The quantitative estimate of drug-likeness (QED) is 0.761. The first-order valence-corrected chi connectivity index (χ1v) is 10.5. The van der Waals surface area contributed by atoms with Crippen molar-refractivity contribution < 1.29 is 14.3 Å². The molecule has 1 aromatic rings. The molecular weight excluding hydrogens is 358 g/mol. The highest BCUT2D eigenvalue weighted by Crippen LogP contribution is 2.26. The zero-order chi connectivity index (χ0) is 19.3. The number of hydrogen-bond donors (Lipinski definition) is 0. The van der Waals surface area contributed by atoms with Gasteiger partial charge < -0.3 is 19.3 Å². The van der Waals surface area contributed by atoms with E-state index < -0.39 is 0 Å². The van der Waals surface area contributed by atoms with Gasteiger partial charge >= 0.3 is 0 Å². The molecule has 8 nitrogen and oxygen atoms in total. The molecule has 4 rings (SSSR count). The van der Waals surface area contributed by atoms with Gasteiger partial charge in [0.2, 0.25) is 17.7 Å². The van der Waals surface area contributed by atoms with Crippen molar-refractivity contribution in [2.75, 3.05) is 64.5 Å². The van der Waals surface area contributed by atoms with Gasteiger partial charge in [-0.2, -0.15) is 4.98 Å². The standard InChI is InChI=1S/C20H31N5O3/c1-27-18-4-7-21-20(22-18)24-9-5-17(6-10-24)25-8-2-3-16(15-25)19(26)23-11-13-28-14-12-23/h4,7,16-17H,2-3,5-6,8-15H2,1H3. The van der Waals surface area contributed by atoms with Crippen LogP contribution in [0.15, 0.2) is 12.3 Å². The molecule has 28 heavy (non-hydrogen) atoms. The normalized spacial score (nSPS) is 25.0. The van der Waals surface area contributed by atoms with E-state index in [0.29, 0.717) is 31.0 Å². The van der Waals surface area contributed by atoms with Gasteiger partial charge in [-0.25, -0.2) is 4.98 Å². The van der Waals surface area contributed by atoms with Gasteiger partial charge in [0, 0.05) is 51.0 Å². The molecule has 154 valence electrons. The summed E-state index contributed by atoms with van der Waals surface area (Å²) in [5.41, 5.74) is 0. The topological polar surface area (TPSA) is 71.0 Å². The third kappa shape index (κ3) is 4.38. The summed E-state index contributed by atoms with van der Waals surface area (Å²) in [7, 11) is 1.63. The number of nitrogens with zero attached hydrogens (tertiary/aromatic N) is 5. The second-order valence-corrected chi connectivity index (χ2v) is 7.89. The Balaban J connectivity index is 1.30. The van der Waals surface area contributed by atoms with Crippen molar-refractivity contribution >= 4 is 11.9 Å². The number of likely N-dealkylation sites (tertiary alicyclic amines) is 1. The minimum atomic E-state index is 0.145. The number of hydrogen-bond acceptors (Lipinski definition) is 7. The van der Waals surface area contributed by atoms with Gasteiger partial charge in [0.05, 0.1) is 26.2 Å². The van der Waals surface area contributed by atoms with E-state index in [2.05, 4.69) is 19.8 Å². The Bertz CT molecular complexity index is 659. The third-order valence-corrected chi connectivity index (χ3v) is 6.21. The summed E-state index contributed by atoms with van der Waals surface area (Å²) in [6, 6.07) is 2.32. The first-order valence-electron chi connectivity index (χ1n) is 10.5. The van der Waals surface area contributed by atoms with Gasteiger partial charge in [-0.3, -0.25) is 9.69 Å². The van der Waals surface area contributed by atoms with Crippen LogP contribution in [0.2, 0.25) is 0 Å². The lowest BCUT2D eigenvalue weighted by Gasteiger charge is -2.43. The molecule has 0 aliphatic carbocycles. The van der Waals surface area contributed by atoms with Gasteiger partial charge in [0.15, 0.2) is 0 Å². The van der Waals surface area contributed by atoms with Crippen molar-refractivity contribution in [3.63, 3.8) is 0 Å². The van der Waals surface area contributed by atoms with Crippen LogP contribution in [0.4, 0.5) is 5.95 Å². The lowest BCUT2D eigenvalue weighted by Crippen LogP contribution is -2.52.